The Morgan fingerprint density at radius 1 is 0.776 bits per heavy atom. The highest BCUT2D eigenvalue weighted by Gasteiger charge is 2.39. The molecule has 2 heterocycles. The van der Waals surface area contributed by atoms with Crippen molar-refractivity contribution in [1.82, 2.24) is 14.8 Å². The van der Waals surface area contributed by atoms with Crippen molar-refractivity contribution < 1.29 is 72.2 Å². The number of halogens is 12. The summed E-state index contributed by atoms with van der Waals surface area (Å²) in [5.74, 6) is -3.01. The van der Waals surface area contributed by atoms with Gasteiger partial charge in [0, 0.05) is 48.3 Å². The van der Waals surface area contributed by atoms with Crippen LogP contribution in [-0.4, -0.2) is 70.4 Å². The molecule has 0 saturated heterocycles. The standard InChI is InChI=1S/C20H25N3O.C9H5F6NO.C9H4F6O2/c1-4-23(5-2)20(24)14-9-16-15-7-6-8-17-19(15)13(11-21-17)10-18(16)22(3)12-14;2*10-8(11,12)5-1-4(7(16)17)2-6(3-5)9(13,14)15/h6-9,11,14,18,21H,4-5,10,12H2,1-3H3;1-3H,(H2,16,17);1-3H,(H,16,17)/t14-,18-;;/m1../s1. The van der Waals surface area contributed by atoms with Crippen LogP contribution in [-0.2, 0) is 35.9 Å². The number of carbonyl (C=O) groups is 3. The van der Waals surface area contributed by atoms with Gasteiger partial charge in [-0.25, -0.2) is 4.79 Å². The number of rotatable bonds is 5. The van der Waals surface area contributed by atoms with Crippen LogP contribution in [0.2, 0.25) is 0 Å². The number of hydrogen-bond donors (Lipinski definition) is 3. The van der Waals surface area contributed by atoms with Gasteiger partial charge in [0.15, 0.2) is 0 Å². The molecule has 2 atom stereocenters. The highest BCUT2D eigenvalue weighted by molar-refractivity contribution is 5.99. The Morgan fingerprint density at radius 3 is 1.66 bits per heavy atom. The van der Waals surface area contributed by atoms with Crippen LogP contribution in [0.4, 0.5) is 52.7 Å². The Kier molecular flexibility index (Phi) is 13.0. The Balaban J connectivity index is 0.000000198. The average Bonchev–Trinajstić information content (AvgIpc) is 3.55. The zero-order valence-corrected chi connectivity index (χ0v) is 30.5. The van der Waals surface area contributed by atoms with Crippen LogP contribution < -0.4 is 5.73 Å². The molecule has 8 nitrogen and oxygen atoms in total. The number of likely N-dealkylation sites (N-methyl/N-ethyl adjacent to an activating group) is 1. The number of benzene rings is 3. The predicted molar refractivity (Wildman–Crippen MR) is 186 cm³/mol. The van der Waals surface area contributed by atoms with E-state index in [9.17, 15) is 67.1 Å². The summed E-state index contributed by atoms with van der Waals surface area (Å²) >= 11 is 0. The summed E-state index contributed by atoms with van der Waals surface area (Å²) in [6.45, 7) is 6.47. The van der Waals surface area contributed by atoms with E-state index in [1.807, 2.05) is 4.90 Å². The SMILES string of the molecule is CCN(CC)C(=O)[C@@H]1C=C2c3cccc4[nH]cc(c34)C[C@H]2N(C)C1.NC(=O)c1cc(C(F)(F)F)cc(C(F)(F)F)c1.O=C(O)c1cc(C(F)(F)F)cc(C(F)(F)F)c1. The molecule has 0 bridgehead atoms. The van der Waals surface area contributed by atoms with Crippen LogP contribution in [0.5, 0.6) is 0 Å². The average molecular weight is 839 g/mol. The first kappa shape index (κ1) is 45.2. The van der Waals surface area contributed by atoms with E-state index in [0.717, 1.165) is 26.1 Å². The van der Waals surface area contributed by atoms with Crippen LogP contribution in [0.15, 0.2) is 66.9 Å². The third-order valence-corrected chi connectivity index (χ3v) is 9.37. The summed E-state index contributed by atoms with van der Waals surface area (Å²) in [7, 11) is 2.15. The normalized spacial score (nSPS) is 16.9. The highest BCUT2D eigenvalue weighted by Crippen LogP contribution is 2.41. The molecule has 0 spiro atoms. The number of alkyl halides is 12. The van der Waals surface area contributed by atoms with Crippen LogP contribution in [0.3, 0.4) is 0 Å². The molecule has 0 saturated carbocycles. The molecule has 58 heavy (non-hydrogen) atoms. The summed E-state index contributed by atoms with van der Waals surface area (Å²) in [6.07, 6.45) is -14.6. The van der Waals surface area contributed by atoms with Crippen molar-refractivity contribution in [3.63, 3.8) is 0 Å². The van der Waals surface area contributed by atoms with Crippen molar-refractivity contribution >= 4 is 34.3 Å². The smallest absolute Gasteiger partial charge is 0.416 e. The number of nitrogens with two attached hydrogens (primary N) is 1. The van der Waals surface area contributed by atoms with E-state index >= 15 is 0 Å². The van der Waals surface area contributed by atoms with E-state index in [2.05, 4.69) is 67.0 Å². The second kappa shape index (κ2) is 16.8. The van der Waals surface area contributed by atoms with Gasteiger partial charge in [-0.1, -0.05) is 18.2 Å². The molecule has 3 aromatic carbocycles. The van der Waals surface area contributed by atoms with E-state index in [0.29, 0.717) is 6.04 Å². The number of aromatic amines is 1. The molecule has 4 aromatic rings. The second-order valence-electron chi connectivity index (χ2n) is 13.2. The lowest BCUT2D eigenvalue weighted by atomic mass is 9.79. The maximum Gasteiger partial charge on any atom is 0.416 e. The number of fused-ring (bicyclic) bond motifs is 2. The van der Waals surface area contributed by atoms with Crippen molar-refractivity contribution in [2.24, 2.45) is 11.7 Å². The fraction of sp³-hybridized carbons (Fsp3) is 0.342. The van der Waals surface area contributed by atoms with Crippen LogP contribution in [0.1, 0.15) is 67.9 Å². The number of carbonyl (C=O) groups excluding carboxylic acids is 2. The minimum Gasteiger partial charge on any atom is -0.478 e. The summed E-state index contributed by atoms with van der Waals surface area (Å²) < 4.78 is 147. The highest BCUT2D eigenvalue weighted by atomic mass is 19.4. The lowest BCUT2D eigenvalue weighted by Gasteiger charge is -2.40. The first-order valence-electron chi connectivity index (χ1n) is 17.1. The zero-order chi connectivity index (χ0) is 43.7. The number of H-pyrrole nitrogens is 1. The summed E-state index contributed by atoms with van der Waals surface area (Å²) in [5, 5.41) is 9.77. The van der Waals surface area contributed by atoms with Gasteiger partial charge in [-0.2, -0.15) is 52.7 Å². The van der Waals surface area contributed by atoms with Crippen molar-refractivity contribution in [3.05, 3.63) is 111 Å². The van der Waals surface area contributed by atoms with Crippen molar-refractivity contribution in [3.8, 4) is 0 Å². The Bertz CT molecular complexity index is 2050. The first-order chi connectivity index (χ1) is 26.7. The molecule has 6 rings (SSSR count). The molecule has 0 radical (unpaired) electrons. The zero-order valence-electron chi connectivity index (χ0n) is 30.5. The van der Waals surface area contributed by atoms with E-state index in [1.165, 1.54) is 27.6 Å². The topological polar surface area (TPSA) is 120 Å². The van der Waals surface area contributed by atoms with Gasteiger partial charge in [0.25, 0.3) is 0 Å². The third-order valence-electron chi connectivity index (χ3n) is 9.37. The van der Waals surface area contributed by atoms with Gasteiger partial charge in [-0.05, 0) is 86.5 Å². The molecule has 2 aliphatic rings. The number of nitrogens with zero attached hydrogens (tertiary/aromatic N) is 2. The molecule has 1 aliphatic carbocycles. The maximum absolute atomic E-state index is 12.9. The molecule has 314 valence electrons. The monoisotopic (exact) mass is 838 g/mol. The second-order valence-corrected chi connectivity index (χ2v) is 13.2. The molecule has 1 aliphatic heterocycles. The minimum absolute atomic E-state index is 0.0445. The fourth-order valence-electron chi connectivity index (χ4n) is 6.55. The molecule has 2 amide bonds. The van der Waals surface area contributed by atoms with Gasteiger partial charge in [0.1, 0.15) is 0 Å². The van der Waals surface area contributed by atoms with E-state index in [-0.39, 0.29) is 48.2 Å². The maximum atomic E-state index is 12.9. The quantitative estimate of drug-likeness (QED) is 0.173. The van der Waals surface area contributed by atoms with Crippen molar-refractivity contribution in [2.45, 2.75) is 51.0 Å². The van der Waals surface area contributed by atoms with Gasteiger partial charge in [0.05, 0.1) is 33.7 Å². The van der Waals surface area contributed by atoms with Gasteiger partial charge < -0.3 is 20.7 Å². The van der Waals surface area contributed by atoms with Gasteiger partial charge in [0.2, 0.25) is 11.8 Å². The Morgan fingerprint density at radius 2 is 1.24 bits per heavy atom. The Hall–Kier alpha value is -5.53. The molecule has 0 fully saturated rings. The van der Waals surface area contributed by atoms with E-state index in [1.54, 1.807) is 0 Å². The van der Waals surface area contributed by atoms with Crippen LogP contribution in [0, 0.1) is 5.92 Å². The molecule has 1 aromatic heterocycles. The van der Waals surface area contributed by atoms with E-state index < -0.39 is 70.0 Å². The van der Waals surface area contributed by atoms with Gasteiger partial charge in [-0.15, -0.1) is 0 Å². The summed E-state index contributed by atoms with van der Waals surface area (Å²) in [4.78, 5) is 41.6. The largest absolute Gasteiger partial charge is 0.478 e. The fourth-order valence-corrected chi connectivity index (χ4v) is 6.55. The number of primary amides is 1. The van der Waals surface area contributed by atoms with Gasteiger partial charge >= 0.3 is 30.7 Å². The summed E-state index contributed by atoms with van der Waals surface area (Å²) in [6, 6.07) is 7.46. The molecule has 20 heteroatoms. The number of carboxylic acids is 1. The third kappa shape index (κ3) is 10.3. The minimum atomic E-state index is -5.04. The number of nitrogens with one attached hydrogen (secondary N) is 1. The lowest BCUT2D eigenvalue weighted by Crippen LogP contribution is -2.47. The van der Waals surface area contributed by atoms with Crippen LogP contribution in [0.25, 0.3) is 16.5 Å². The number of aromatic carboxylic acids is 1. The number of amides is 2. The molecule has 4 N–H and O–H groups in total. The van der Waals surface area contributed by atoms with E-state index in [4.69, 9.17) is 5.11 Å². The summed E-state index contributed by atoms with van der Waals surface area (Å²) in [5.41, 5.74) is 1.54. The number of hydrogen-bond acceptors (Lipinski definition) is 4. The van der Waals surface area contributed by atoms with Crippen LogP contribution >= 0.6 is 0 Å². The molecule has 0 unspecified atom stereocenters. The molecular weight excluding hydrogens is 804 g/mol. The number of carboxylic acid groups (broad SMARTS) is 1. The first-order valence-corrected chi connectivity index (χ1v) is 17.1. The Labute approximate surface area is 321 Å². The predicted octanol–water partition coefficient (Wildman–Crippen LogP) is 9.15. The van der Waals surface area contributed by atoms with Gasteiger partial charge in [-0.3, -0.25) is 14.5 Å². The molecular formula is C38H34F12N4O4. The number of aromatic nitrogens is 1. The van der Waals surface area contributed by atoms with Crippen molar-refractivity contribution in [1.29, 1.82) is 0 Å². The lowest BCUT2D eigenvalue weighted by molar-refractivity contribution is -0.144. The van der Waals surface area contributed by atoms with Crippen molar-refractivity contribution in [2.75, 3.05) is 26.7 Å².